The second-order valence-electron chi connectivity index (χ2n) is 5.09. The fourth-order valence-corrected chi connectivity index (χ4v) is 2.16. The van der Waals surface area contributed by atoms with Crippen LogP contribution in [0.1, 0.15) is 25.8 Å². The Morgan fingerprint density at radius 3 is 2.58 bits per heavy atom. The van der Waals surface area contributed by atoms with Crippen LogP contribution in [-0.2, 0) is 11.2 Å². The van der Waals surface area contributed by atoms with Crippen molar-refractivity contribution in [3.63, 3.8) is 0 Å². The highest BCUT2D eigenvalue weighted by Crippen LogP contribution is 2.19. The zero-order valence-electron chi connectivity index (χ0n) is 11.8. The molecule has 0 spiro atoms. The van der Waals surface area contributed by atoms with Crippen LogP contribution >= 0.6 is 11.6 Å². The lowest BCUT2D eigenvalue weighted by Gasteiger charge is -2.22. The van der Waals surface area contributed by atoms with Gasteiger partial charge in [0.15, 0.2) is 0 Å². The Hall–Kier alpha value is -1.06. The van der Waals surface area contributed by atoms with E-state index >= 15 is 0 Å². The van der Waals surface area contributed by atoms with E-state index in [9.17, 15) is 9.90 Å². The predicted octanol–water partition coefficient (Wildman–Crippen LogP) is 2.75. The van der Waals surface area contributed by atoms with Gasteiger partial charge in [0, 0.05) is 24.5 Å². The molecule has 106 valence electrons. The van der Waals surface area contributed by atoms with E-state index in [0.29, 0.717) is 24.4 Å². The molecule has 0 unspecified atom stereocenters. The number of benzene rings is 1. The van der Waals surface area contributed by atoms with Crippen LogP contribution in [0.15, 0.2) is 24.3 Å². The summed E-state index contributed by atoms with van der Waals surface area (Å²) in [7, 11) is 1.77. The normalized spacial score (nSPS) is 13.9. The van der Waals surface area contributed by atoms with Crippen LogP contribution in [0.5, 0.6) is 0 Å². The number of halogens is 1. The predicted molar refractivity (Wildman–Crippen MR) is 78.3 cm³/mol. The van der Waals surface area contributed by atoms with E-state index in [1.165, 1.54) is 0 Å². The quantitative estimate of drug-likeness (QED) is 0.872. The second kappa shape index (κ2) is 7.51. The fraction of sp³-hybridized carbons (Fsp3) is 0.533. The molecule has 0 heterocycles. The van der Waals surface area contributed by atoms with E-state index in [0.717, 1.165) is 5.56 Å². The molecule has 0 aromatic heterocycles. The number of hydrogen-bond donors (Lipinski definition) is 1. The van der Waals surface area contributed by atoms with Gasteiger partial charge in [-0.2, -0.15) is 0 Å². The molecule has 1 N–H and O–H groups in total. The zero-order valence-corrected chi connectivity index (χ0v) is 12.5. The lowest BCUT2D eigenvalue weighted by atomic mass is 10.00. The van der Waals surface area contributed by atoms with Crippen molar-refractivity contribution in [1.29, 1.82) is 0 Å². The van der Waals surface area contributed by atoms with Crippen LogP contribution < -0.4 is 0 Å². The molecule has 1 amide bonds. The van der Waals surface area contributed by atoms with Gasteiger partial charge < -0.3 is 10.0 Å². The summed E-state index contributed by atoms with van der Waals surface area (Å²) >= 11 is 6.10. The topological polar surface area (TPSA) is 40.5 Å². The number of nitrogens with zero attached hydrogens (tertiary/aromatic N) is 1. The van der Waals surface area contributed by atoms with E-state index in [2.05, 4.69) is 0 Å². The fourth-order valence-electron chi connectivity index (χ4n) is 1.95. The zero-order chi connectivity index (χ0) is 14.4. The van der Waals surface area contributed by atoms with Gasteiger partial charge >= 0.3 is 0 Å². The monoisotopic (exact) mass is 283 g/mol. The smallest absolute Gasteiger partial charge is 0.225 e. The maximum atomic E-state index is 12.2. The molecule has 0 fully saturated rings. The van der Waals surface area contributed by atoms with Gasteiger partial charge in [-0.05, 0) is 31.4 Å². The summed E-state index contributed by atoms with van der Waals surface area (Å²) in [5.41, 5.74) is 0.994. The molecule has 0 saturated heterocycles. The summed E-state index contributed by atoms with van der Waals surface area (Å²) in [6, 6.07) is 7.59. The largest absolute Gasteiger partial charge is 0.393 e. The first kappa shape index (κ1) is 16.0. The number of carbonyl (C=O) groups is 1. The lowest BCUT2D eigenvalue weighted by molar-refractivity contribution is -0.133. The minimum absolute atomic E-state index is 0.0839. The highest BCUT2D eigenvalue weighted by atomic mass is 35.5. The number of carbonyl (C=O) groups excluding carboxylic acids is 1. The number of aliphatic hydroxyl groups is 1. The van der Waals surface area contributed by atoms with Crippen molar-refractivity contribution in [1.82, 2.24) is 4.90 Å². The molecule has 19 heavy (non-hydrogen) atoms. The SMILES string of the molecule is C[C@@H](O)CCN(C)C(=O)[C@@H](C)Cc1ccccc1Cl. The maximum absolute atomic E-state index is 12.2. The second-order valence-corrected chi connectivity index (χ2v) is 5.50. The van der Waals surface area contributed by atoms with Crippen molar-refractivity contribution >= 4 is 17.5 Å². The molecule has 3 nitrogen and oxygen atoms in total. The van der Waals surface area contributed by atoms with Crippen molar-refractivity contribution in [2.45, 2.75) is 32.8 Å². The molecular formula is C15H22ClNO2. The van der Waals surface area contributed by atoms with Gasteiger partial charge in [0.1, 0.15) is 0 Å². The molecule has 0 saturated carbocycles. The van der Waals surface area contributed by atoms with Crippen molar-refractivity contribution in [3.8, 4) is 0 Å². The third-order valence-electron chi connectivity index (χ3n) is 3.16. The highest BCUT2D eigenvalue weighted by Gasteiger charge is 2.18. The molecule has 0 aliphatic rings. The highest BCUT2D eigenvalue weighted by molar-refractivity contribution is 6.31. The van der Waals surface area contributed by atoms with E-state index in [1.54, 1.807) is 18.9 Å². The summed E-state index contributed by atoms with van der Waals surface area (Å²) in [5.74, 6) is -0.0283. The molecule has 1 rings (SSSR count). The van der Waals surface area contributed by atoms with Crippen molar-refractivity contribution in [3.05, 3.63) is 34.9 Å². The summed E-state index contributed by atoms with van der Waals surface area (Å²) in [6.45, 7) is 4.21. The first-order chi connectivity index (χ1) is 8.91. The number of hydrogen-bond acceptors (Lipinski definition) is 2. The average Bonchev–Trinajstić information content (AvgIpc) is 2.37. The number of amides is 1. The van der Waals surface area contributed by atoms with Gasteiger partial charge in [0.2, 0.25) is 5.91 Å². The lowest BCUT2D eigenvalue weighted by Crippen LogP contribution is -2.34. The first-order valence-electron chi connectivity index (χ1n) is 6.58. The summed E-state index contributed by atoms with van der Waals surface area (Å²) in [4.78, 5) is 13.8. The van der Waals surface area contributed by atoms with Gasteiger partial charge in [-0.1, -0.05) is 36.7 Å². The van der Waals surface area contributed by atoms with E-state index in [4.69, 9.17) is 11.6 Å². The molecule has 0 radical (unpaired) electrons. The average molecular weight is 284 g/mol. The van der Waals surface area contributed by atoms with Crippen LogP contribution in [-0.4, -0.2) is 35.6 Å². The molecule has 0 aliphatic heterocycles. The maximum Gasteiger partial charge on any atom is 0.225 e. The van der Waals surface area contributed by atoms with Crippen LogP contribution in [0.25, 0.3) is 0 Å². The number of rotatable bonds is 6. The van der Waals surface area contributed by atoms with Crippen LogP contribution in [0.2, 0.25) is 5.02 Å². The first-order valence-corrected chi connectivity index (χ1v) is 6.96. The summed E-state index contributed by atoms with van der Waals surface area (Å²) in [5, 5.41) is 9.94. The van der Waals surface area contributed by atoms with Crippen LogP contribution in [0.3, 0.4) is 0 Å². The molecule has 0 bridgehead atoms. The molecule has 4 heteroatoms. The third kappa shape index (κ3) is 5.21. The van der Waals surface area contributed by atoms with Gasteiger partial charge in [0.25, 0.3) is 0 Å². The Morgan fingerprint density at radius 2 is 2.00 bits per heavy atom. The van der Waals surface area contributed by atoms with Crippen molar-refractivity contribution in [2.75, 3.05) is 13.6 Å². The molecule has 1 aromatic carbocycles. The Kier molecular flexibility index (Phi) is 6.32. The van der Waals surface area contributed by atoms with Crippen LogP contribution in [0.4, 0.5) is 0 Å². The minimum Gasteiger partial charge on any atom is -0.393 e. The Balaban J connectivity index is 2.55. The summed E-state index contributed by atoms with van der Waals surface area (Å²) < 4.78 is 0. The Bertz CT molecular complexity index is 420. The molecular weight excluding hydrogens is 262 g/mol. The molecule has 1 aromatic rings. The molecule has 2 atom stereocenters. The van der Waals surface area contributed by atoms with Crippen LogP contribution in [0, 0.1) is 5.92 Å². The van der Waals surface area contributed by atoms with Crippen molar-refractivity contribution < 1.29 is 9.90 Å². The molecule has 0 aliphatic carbocycles. The van der Waals surface area contributed by atoms with Gasteiger partial charge in [-0.25, -0.2) is 0 Å². The van der Waals surface area contributed by atoms with Crippen molar-refractivity contribution in [2.24, 2.45) is 5.92 Å². The third-order valence-corrected chi connectivity index (χ3v) is 3.53. The van der Waals surface area contributed by atoms with Gasteiger partial charge in [-0.3, -0.25) is 4.79 Å². The van der Waals surface area contributed by atoms with E-state index < -0.39 is 0 Å². The Morgan fingerprint density at radius 1 is 1.37 bits per heavy atom. The van der Waals surface area contributed by atoms with E-state index in [-0.39, 0.29) is 17.9 Å². The Labute approximate surface area is 120 Å². The number of aliphatic hydroxyl groups excluding tert-OH is 1. The van der Waals surface area contributed by atoms with Gasteiger partial charge in [0.05, 0.1) is 6.10 Å². The summed E-state index contributed by atoms with van der Waals surface area (Å²) in [6.07, 6.45) is 0.854. The standard InChI is InChI=1S/C15H22ClNO2/c1-11(10-13-6-4-5-7-14(13)16)15(19)17(3)9-8-12(2)18/h4-7,11-12,18H,8-10H2,1-3H3/t11-,12+/m0/s1. The van der Waals surface area contributed by atoms with Gasteiger partial charge in [-0.15, -0.1) is 0 Å². The van der Waals surface area contributed by atoms with E-state index in [1.807, 2.05) is 31.2 Å². The minimum atomic E-state index is -0.380.